The highest BCUT2D eigenvalue weighted by atomic mass is 16.5. The Labute approximate surface area is 160 Å². The third-order valence-corrected chi connectivity index (χ3v) is 4.09. The maximum Gasteiger partial charge on any atom is 0.332 e. The molecule has 0 unspecified atom stereocenters. The molecule has 0 aliphatic heterocycles. The van der Waals surface area contributed by atoms with Gasteiger partial charge in [0.25, 0.3) is 5.56 Å². The average Bonchev–Trinajstić information content (AvgIpc) is 2.72. The lowest BCUT2D eigenvalue weighted by molar-refractivity contribution is 0.482. The van der Waals surface area contributed by atoms with Crippen molar-refractivity contribution >= 4 is 11.5 Å². The molecule has 0 bridgehead atoms. The summed E-state index contributed by atoms with van der Waals surface area (Å²) in [5, 5.41) is 21.2. The highest BCUT2D eigenvalue weighted by Crippen LogP contribution is 2.25. The van der Waals surface area contributed by atoms with Crippen LogP contribution in [0.5, 0.6) is 11.5 Å². The summed E-state index contributed by atoms with van der Waals surface area (Å²) in [5.41, 5.74) is -0.295. The third kappa shape index (κ3) is 3.48. The molecule has 138 valence electrons. The van der Waals surface area contributed by atoms with Crippen molar-refractivity contribution in [3.05, 3.63) is 80.5 Å². The van der Waals surface area contributed by atoms with Crippen LogP contribution >= 0.6 is 0 Å². The Kier molecular flexibility index (Phi) is 4.97. The Balaban J connectivity index is 1.88. The normalized spacial score (nSPS) is 10.0. The van der Waals surface area contributed by atoms with Gasteiger partial charge >= 0.3 is 5.69 Å². The summed E-state index contributed by atoms with van der Waals surface area (Å²) < 4.78 is 7.80. The number of benzene rings is 2. The minimum atomic E-state index is -0.662. The van der Waals surface area contributed by atoms with Crippen molar-refractivity contribution in [2.24, 2.45) is 14.1 Å². The van der Waals surface area contributed by atoms with Gasteiger partial charge in [-0.2, -0.15) is 10.5 Å². The van der Waals surface area contributed by atoms with E-state index in [-0.39, 0.29) is 11.4 Å². The molecule has 0 saturated heterocycles. The van der Waals surface area contributed by atoms with Crippen molar-refractivity contribution in [1.29, 1.82) is 10.5 Å². The van der Waals surface area contributed by atoms with Crippen LogP contribution in [0.1, 0.15) is 11.1 Å². The van der Waals surface area contributed by atoms with Crippen LogP contribution in [0.4, 0.5) is 11.5 Å². The minimum Gasteiger partial charge on any atom is -0.457 e. The van der Waals surface area contributed by atoms with Crippen LogP contribution in [-0.4, -0.2) is 9.13 Å². The number of hydrogen-bond acceptors (Lipinski definition) is 6. The van der Waals surface area contributed by atoms with E-state index >= 15 is 0 Å². The molecular weight excluding hydrogens is 358 g/mol. The van der Waals surface area contributed by atoms with Gasteiger partial charge in [0.05, 0.1) is 11.6 Å². The molecular formula is C20H15N5O3. The molecule has 0 atom stereocenters. The lowest BCUT2D eigenvalue weighted by Gasteiger charge is -2.14. The van der Waals surface area contributed by atoms with Crippen LogP contribution in [0.2, 0.25) is 0 Å². The van der Waals surface area contributed by atoms with Gasteiger partial charge in [0.1, 0.15) is 23.4 Å². The van der Waals surface area contributed by atoms with E-state index in [0.717, 1.165) is 4.57 Å². The summed E-state index contributed by atoms with van der Waals surface area (Å²) in [6, 6.07) is 17.4. The van der Waals surface area contributed by atoms with Gasteiger partial charge in [-0.3, -0.25) is 13.9 Å². The standard InChI is InChI=1S/C20H15N5O3/c1-24-18(17(12-22)19(26)25(2)20(24)27)23-14-6-8-15(9-7-14)28-16-5-3-4-13(10-16)11-21/h3-10,23H,1-2H3. The molecule has 8 nitrogen and oxygen atoms in total. The Morgan fingerprint density at radius 2 is 1.64 bits per heavy atom. The first kappa shape index (κ1) is 18.5. The van der Waals surface area contributed by atoms with Crippen molar-refractivity contribution < 1.29 is 4.74 Å². The zero-order valence-corrected chi connectivity index (χ0v) is 15.1. The van der Waals surface area contributed by atoms with Crippen molar-refractivity contribution in [2.75, 3.05) is 5.32 Å². The molecule has 0 spiro atoms. The van der Waals surface area contributed by atoms with Gasteiger partial charge in [0, 0.05) is 19.8 Å². The topological polar surface area (TPSA) is 113 Å². The fourth-order valence-electron chi connectivity index (χ4n) is 2.60. The van der Waals surface area contributed by atoms with E-state index in [1.807, 2.05) is 12.1 Å². The highest BCUT2D eigenvalue weighted by Gasteiger charge is 2.15. The maximum absolute atomic E-state index is 12.1. The van der Waals surface area contributed by atoms with Crippen LogP contribution in [0.15, 0.2) is 58.1 Å². The van der Waals surface area contributed by atoms with Crippen molar-refractivity contribution in [1.82, 2.24) is 9.13 Å². The lowest BCUT2D eigenvalue weighted by atomic mass is 10.2. The van der Waals surface area contributed by atoms with Crippen LogP contribution < -0.4 is 21.3 Å². The molecule has 0 fully saturated rings. The fraction of sp³-hybridized carbons (Fsp3) is 0.100. The molecule has 1 aromatic heterocycles. The van der Waals surface area contributed by atoms with E-state index in [0.29, 0.717) is 22.7 Å². The number of nitriles is 2. The second-order valence-electron chi connectivity index (χ2n) is 5.93. The zero-order chi connectivity index (χ0) is 20.3. The summed E-state index contributed by atoms with van der Waals surface area (Å²) in [5.74, 6) is 1.19. The number of nitrogens with zero attached hydrogens (tertiary/aromatic N) is 4. The van der Waals surface area contributed by atoms with Crippen LogP contribution in [-0.2, 0) is 14.1 Å². The van der Waals surface area contributed by atoms with Gasteiger partial charge < -0.3 is 10.1 Å². The van der Waals surface area contributed by atoms with Gasteiger partial charge in [0.15, 0.2) is 5.56 Å². The Morgan fingerprint density at radius 1 is 0.929 bits per heavy atom. The third-order valence-electron chi connectivity index (χ3n) is 4.09. The van der Waals surface area contributed by atoms with E-state index in [1.54, 1.807) is 48.5 Å². The number of aromatic nitrogens is 2. The predicted octanol–water partition coefficient (Wildman–Crippen LogP) is 2.36. The molecule has 0 aliphatic rings. The van der Waals surface area contributed by atoms with Crippen LogP contribution in [0.3, 0.4) is 0 Å². The molecule has 0 saturated carbocycles. The van der Waals surface area contributed by atoms with E-state index < -0.39 is 11.2 Å². The molecule has 28 heavy (non-hydrogen) atoms. The predicted molar refractivity (Wildman–Crippen MR) is 103 cm³/mol. The highest BCUT2D eigenvalue weighted by molar-refractivity contribution is 5.63. The molecule has 3 aromatic rings. The molecule has 2 aromatic carbocycles. The second-order valence-corrected chi connectivity index (χ2v) is 5.93. The molecule has 1 heterocycles. The van der Waals surface area contributed by atoms with E-state index in [1.165, 1.54) is 18.7 Å². The Bertz CT molecular complexity index is 1240. The second kappa shape index (κ2) is 7.52. The van der Waals surface area contributed by atoms with Crippen LogP contribution in [0.25, 0.3) is 0 Å². The number of ether oxygens (including phenoxy) is 1. The summed E-state index contributed by atoms with van der Waals surface area (Å²) in [7, 11) is 2.80. The molecule has 0 amide bonds. The van der Waals surface area contributed by atoms with Crippen LogP contribution in [0, 0.1) is 22.7 Å². The van der Waals surface area contributed by atoms with Gasteiger partial charge in [-0.15, -0.1) is 0 Å². The SMILES string of the molecule is Cn1c(Nc2ccc(Oc3cccc(C#N)c3)cc2)c(C#N)c(=O)n(C)c1=O. The maximum atomic E-state index is 12.1. The van der Waals surface area contributed by atoms with Gasteiger partial charge in [-0.1, -0.05) is 6.07 Å². The molecule has 0 aliphatic carbocycles. The Morgan fingerprint density at radius 3 is 2.29 bits per heavy atom. The summed E-state index contributed by atoms with van der Waals surface area (Å²) in [6.07, 6.45) is 0. The van der Waals surface area contributed by atoms with Crippen molar-refractivity contribution in [3.63, 3.8) is 0 Å². The number of anilines is 2. The minimum absolute atomic E-state index is 0.117. The summed E-state index contributed by atoms with van der Waals surface area (Å²) in [4.78, 5) is 24.2. The first-order valence-electron chi connectivity index (χ1n) is 8.20. The average molecular weight is 373 g/mol. The summed E-state index contributed by atoms with van der Waals surface area (Å²) in [6.45, 7) is 0. The van der Waals surface area contributed by atoms with E-state index in [2.05, 4.69) is 5.32 Å². The monoisotopic (exact) mass is 373 g/mol. The summed E-state index contributed by atoms with van der Waals surface area (Å²) >= 11 is 0. The molecule has 0 radical (unpaired) electrons. The molecule has 8 heteroatoms. The van der Waals surface area contributed by atoms with Crippen molar-refractivity contribution in [2.45, 2.75) is 0 Å². The smallest absolute Gasteiger partial charge is 0.332 e. The first-order valence-corrected chi connectivity index (χ1v) is 8.20. The number of rotatable bonds is 4. The van der Waals surface area contributed by atoms with E-state index in [9.17, 15) is 14.9 Å². The largest absolute Gasteiger partial charge is 0.457 e. The zero-order valence-electron chi connectivity index (χ0n) is 15.1. The quantitative estimate of drug-likeness (QED) is 0.751. The Hall–Kier alpha value is -4.30. The lowest BCUT2D eigenvalue weighted by Crippen LogP contribution is -2.39. The molecule has 1 N–H and O–H groups in total. The molecule has 3 rings (SSSR count). The van der Waals surface area contributed by atoms with Gasteiger partial charge in [-0.25, -0.2) is 4.79 Å². The fourth-order valence-corrected chi connectivity index (χ4v) is 2.60. The van der Waals surface area contributed by atoms with E-state index in [4.69, 9.17) is 10.00 Å². The van der Waals surface area contributed by atoms with Gasteiger partial charge in [0.2, 0.25) is 0 Å². The van der Waals surface area contributed by atoms with Crippen molar-refractivity contribution in [3.8, 4) is 23.6 Å². The van der Waals surface area contributed by atoms with Gasteiger partial charge in [-0.05, 0) is 42.5 Å². The number of nitrogens with one attached hydrogen (secondary N) is 1. The number of hydrogen-bond donors (Lipinski definition) is 1. The first-order chi connectivity index (χ1) is 13.4.